The van der Waals surface area contributed by atoms with Crippen molar-refractivity contribution in [3.8, 4) is 0 Å². The molecule has 0 radical (unpaired) electrons. The summed E-state index contributed by atoms with van der Waals surface area (Å²) in [7, 11) is 0. The SMILES string of the molecule is CC(CO)c1cccc2c1SCC2. The molecule has 1 aromatic carbocycles. The number of hydrogen-bond acceptors (Lipinski definition) is 2. The summed E-state index contributed by atoms with van der Waals surface area (Å²) >= 11 is 1.93. The summed E-state index contributed by atoms with van der Waals surface area (Å²) in [6.45, 7) is 2.32. The number of aliphatic hydroxyl groups is 1. The third-order valence-corrected chi connectivity index (χ3v) is 3.74. The summed E-state index contributed by atoms with van der Waals surface area (Å²) in [6, 6.07) is 6.44. The Balaban J connectivity index is 2.41. The highest BCUT2D eigenvalue weighted by molar-refractivity contribution is 7.99. The summed E-state index contributed by atoms with van der Waals surface area (Å²) in [5.41, 5.74) is 2.78. The van der Waals surface area contributed by atoms with Crippen molar-refractivity contribution in [2.24, 2.45) is 0 Å². The van der Waals surface area contributed by atoms with E-state index in [0.717, 1.165) is 0 Å². The van der Waals surface area contributed by atoms with Crippen molar-refractivity contribution in [1.29, 1.82) is 0 Å². The zero-order valence-electron chi connectivity index (χ0n) is 7.79. The molecule has 0 saturated heterocycles. The molecule has 0 aliphatic carbocycles. The van der Waals surface area contributed by atoms with Crippen LogP contribution in [0.3, 0.4) is 0 Å². The van der Waals surface area contributed by atoms with E-state index in [1.807, 2.05) is 11.8 Å². The number of aliphatic hydroxyl groups excluding tert-OH is 1. The molecule has 1 nitrogen and oxygen atoms in total. The topological polar surface area (TPSA) is 20.2 Å². The monoisotopic (exact) mass is 194 g/mol. The van der Waals surface area contributed by atoms with Crippen LogP contribution in [0.4, 0.5) is 0 Å². The average molecular weight is 194 g/mol. The second kappa shape index (κ2) is 3.72. The average Bonchev–Trinajstić information content (AvgIpc) is 2.63. The molecule has 1 N–H and O–H groups in total. The Hall–Kier alpha value is -0.470. The van der Waals surface area contributed by atoms with Crippen LogP contribution in [0.1, 0.15) is 24.0 Å². The summed E-state index contributed by atoms with van der Waals surface area (Å²) in [6.07, 6.45) is 1.19. The Morgan fingerprint density at radius 1 is 1.54 bits per heavy atom. The summed E-state index contributed by atoms with van der Waals surface area (Å²) < 4.78 is 0. The Bertz CT molecular complexity index is 309. The lowest BCUT2D eigenvalue weighted by atomic mass is 9.99. The van der Waals surface area contributed by atoms with E-state index >= 15 is 0 Å². The lowest BCUT2D eigenvalue weighted by Crippen LogP contribution is -2.00. The van der Waals surface area contributed by atoms with Crippen LogP contribution in [0.25, 0.3) is 0 Å². The third kappa shape index (κ3) is 1.61. The molecular weight excluding hydrogens is 180 g/mol. The first-order valence-electron chi connectivity index (χ1n) is 4.68. The highest BCUT2D eigenvalue weighted by Crippen LogP contribution is 2.37. The van der Waals surface area contributed by atoms with Gasteiger partial charge in [0.2, 0.25) is 0 Å². The predicted molar refractivity (Wildman–Crippen MR) is 56.4 cm³/mol. The van der Waals surface area contributed by atoms with E-state index in [1.165, 1.54) is 28.2 Å². The van der Waals surface area contributed by atoms with Crippen LogP contribution >= 0.6 is 11.8 Å². The van der Waals surface area contributed by atoms with Crippen LogP contribution in [0, 0.1) is 0 Å². The van der Waals surface area contributed by atoms with Crippen LogP contribution in [-0.2, 0) is 6.42 Å². The van der Waals surface area contributed by atoms with Crippen molar-refractivity contribution in [2.75, 3.05) is 12.4 Å². The Morgan fingerprint density at radius 2 is 2.38 bits per heavy atom. The van der Waals surface area contributed by atoms with E-state index in [1.54, 1.807) is 0 Å². The highest BCUT2D eigenvalue weighted by Gasteiger charge is 2.17. The van der Waals surface area contributed by atoms with Crippen molar-refractivity contribution in [1.82, 2.24) is 0 Å². The van der Waals surface area contributed by atoms with Crippen molar-refractivity contribution >= 4 is 11.8 Å². The third-order valence-electron chi connectivity index (χ3n) is 2.55. The molecule has 2 rings (SSSR count). The molecule has 13 heavy (non-hydrogen) atoms. The van der Waals surface area contributed by atoms with E-state index in [0.29, 0.717) is 0 Å². The van der Waals surface area contributed by atoms with Crippen LogP contribution in [0.5, 0.6) is 0 Å². The first-order chi connectivity index (χ1) is 6.33. The van der Waals surface area contributed by atoms with E-state index in [9.17, 15) is 0 Å². The Labute approximate surface area is 83.2 Å². The predicted octanol–water partition coefficient (Wildman–Crippen LogP) is 2.43. The van der Waals surface area contributed by atoms with Gasteiger partial charge in [0.15, 0.2) is 0 Å². The maximum atomic E-state index is 9.11. The molecule has 1 unspecified atom stereocenters. The standard InChI is InChI=1S/C11H14OS/c1-8(7-12)10-4-2-3-9-5-6-13-11(9)10/h2-4,8,12H,5-7H2,1H3. The fraction of sp³-hybridized carbons (Fsp3) is 0.455. The molecule has 1 aromatic rings. The van der Waals surface area contributed by atoms with E-state index in [-0.39, 0.29) is 12.5 Å². The second-order valence-corrected chi connectivity index (χ2v) is 4.62. The van der Waals surface area contributed by atoms with E-state index in [4.69, 9.17) is 5.11 Å². The van der Waals surface area contributed by atoms with Gasteiger partial charge in [0.1, 0.15) is 0 Å². The van der Waals surface area contributed by atoms with Crippen molar-refractivity contribution < 1.29 is 5.11 Å². The van der Waals surface area contributed by atoms with Crippen LogP contribution in [0.15, 0.2) is 23.1 Å². The molecule has 70 valence electrons. The number of aryl methyl sites for hydroxylation is 1. The molecule has 0 saturated carbocycles. The first kappa shape index (κ1) is 9.10. The maximum absolute atomic E-state index is 9.11. The van der Waals surface area contributed by atoms with Crippen molar-refractivity contribution in [3.05, 3.63) is 29.3 Å². The minimum Gasteiger partial charge on any atom is -0.396 e. The van der Waals surface area contributed by atoms with Gasteiger partial charge in [-0.25, -0.2) is 0 Å². The maximum Gasteiger partial charge on any atom is 0.0497 e. The Kier molecular flexibility index (Phi) is 2.61. The molecule has 1 heterocycles. The smallest absolute Gasteiger partial charge is 0.0497 e. The molecule has 1 aliphatic heterocycles. The normalized spacial score (nSPS) is 17.1. The van der Waals surface area contributed by atoms with Gasteiger partial charge in [-0.2, -0.15) is 0 Å². The number of thioether (sulfide) groups is 1. The molecule has 0 amide bonds. The summed E-state index contributed by atoms with van der Waals surface area (Å²) in [5, 5.41) is 9.11. The van der Waals surface area contributed by atoms with Gasteiger partial charge in [-0.15, -0.1) is 11.8 Å². The molecule has 0 spiro atoms. The number of hydrogen-bond donors (Lipinski definition) is 1. The first-order valence-corrected chi connectivity index (χ1v) is 5.67. The molecule has 2 heteroatoms. The summed E-state index contributed by atoms with van der Waals surface area (Å²) in [5.74, 6) is 1.48. The minimum absolute atomic E-state index is 0.247. The van der Waals surface area contributed by atoms with Gasteiger partial charge in [-0.1, -0.05) is 25.1 Å². The second-order valence-electron chi connectivity index (χ2n) is 3.52. The zero-order chi connectivity index (χ0) is 9.26. The van der Waals surface area contributed by atoms with Gasteiger partial charge in [0, 0.05) is 23.2 Å². The van der Waals surface area contributed by atoms with Crippen LogP contribution < -0.4 is 0 Å². The van der Waals surface area contributed by atoms with Crippen LogP contribution in [0.2, 0.25) is 0 Å². The lowest BCUT2D eigenvalue weighted by Gasteiger charge is -2.12. The Morgan fingerprint density at radius 3 is 3.15 bits per heavy atom. The molecule has 1 atom stereocenters. The largest absolute Gasteiger partial charge is 0.396 e. The molecule has 0 bridgehead atoms. The van der Waals surface area contributed by atoms with Gasteiger partial charge >= 0.3 is 0 Å². The fourth-order valence-corrected chi connectivity index (χ4v) is 3.04. The molecule has 1 aliphatic rings. The lowest BCUT2D eigenvalue weighted by molar-refractivity contribution is 0.272. The fourth-order valence-electron chi connectivity index (χ4n) is 1.73. The summed E-state index contributed by atoms with van der Waals surface area (Å²) in [4.78, 5) is 1.42. The number of rotatable bonds is 2. The minimum atomic E-state index is 0.247. The van der Waals surface area contributed by atoms with Crippen molar-refractivity contribution in [2.45, 2.75) is 24.2 Å². The van der Waals surface area contributed by atoms with Crippen LogP contribution in [-0.4, -0.2) is 17.5 Å². The quantitative estimate of drug-likeness (QED) is 0.780. The van der Waals surface area contributed by atoms with Gasteiger partial charge in [0.05, 0.1) is 0 Å². The highest BCUT2D eigenvalue weighted by atomic mass is 32.2. The zero-order valence-corrected chi connectivity index (χ0v) is 8.60. The van der Waals surface area contributed by atoms with Gasteiger partial charge in [0.25, 0.3) is 0 Å². The molecule has 0 aromatic heterocycles. The number of fused-ring (bicyclic) bond motifs is 1. The van der Waals surface area contributed by atoms with Gasteiger partial charge in [-0.3, -0.25) is 0 Å². The van der Waals surface area contributed by atoms with Gasteiger partial charge < -0.3 is 5.11 Å². The molecular formula is C11H14OS. The van der Waals surface area contributed by atoms with E-state index < -0.39 is 0 Å². The number of benzene rings is 1. The van der Waals surface area contributed by atoms with E-state index in [2.05, 4.69) is 25.1 Å². The van der Waals surface area contributed by atoms with Crippen molar-refractivity contribution in [3.63, 3.8) is 0 Å². The van der Waals surface area contributed by atoms with Gasteiger partial charge in [-0.05, 0) is 17.5 Å². The molecule has 0 fully saturated rings.